The number of halogens is 2. The number of fused-ring (bicyclic) bond motifs is 4. The predicted octanol–water partition coefficient (Wildman–Crippen LogP) is 0.761. The standard InChI is InChI=1S/C22H18F2N4O4/c23-11-3-1-10(2-4-11)9-28-19(30)17-15(8-16(25)29)27-22(18(17)20(28)31)13-7-12(24)5-6-14(13)26-21(22)32/h1-7,15,17-18,27H,8-9H2,(H2,25,29)(H,26,32)/t15-,17+,18-,22-/m0/s1. The molecule has 0 aliphatic carbocycles. The van der Waals surface area contributed by atoms with E-state index in [0.29, 0.717) is 11.3 Å². The van der Waals surface area contributed by atoms with Crippen LogP contribution in [0, 0.1) is 23.5 Å². The summed E-state index contributed by atoms with van der Waals surface area (Å²) in [7, 11) is 0. The molecular weight excluding hydrogens is 422 g/mol. The fourth-order valence-corrected chi connectivity index (χ4v) is 5.15. The number of rotatable bonds is 4. The topological polar surface area (TPSA) is 122 Å². The van der Waals surface area contributed by atoms with Gasteiger partial charge in [0.25, 0.3) is 0 Å². The van der Waals surface area contributed by atoms with Gasteiger partial charge in [-0.2, -0.15) is 0 Å². The molecule has 0 unspecified atom stereocenters. The number of amides is 4. The van der Waals surface area contributed by atoms with Gasteiger partial charge in [-0.05, 0) is 35.9 Å². The van der Waals surface area contributed by atoms with Gasteiger partial charge < -0.3 is 11.1 Å². The second-order valence-corrected chi connectivity index (χ2v) is 8.27. The molecule has 1 spiro atoms. The lowest BCUT2D eigenvalue weighted by atomic mass is 9.76. The van der Waals surface area contributed by atoms with E-state index in [2.05, 4.69) is 10.6 Å². The molecule has 164 valence electrons. The number of anilines is 1. The Hall–Kier alpha value is -3.66. The summed E-state index contributed by atoms with van der Waals surface area (Å²) in [5.41, 5.74) is 4.69. The van der Waals surface area contributed by atoms with Gasteiger partial charge in [-0.3, -0.25) is 29.4 Å². The van der Waals surface area contributed by atoms with Gasteiger partial charge in [0.2, 0.25) is 23.6 Å². The largest absolute Gasteiger partial charge is 0.370 e. The number of benzene rings is 2. The highest BCUT2D eigenvalue weighted by atomic mass is 19.1. The monoisotopic (exact) mass is 440 g/mol. The summed E-state index contributed by atoms with van der Waals surface area (Å²) in [5.74, 6) is -5.84. The molecule has 0 aromatic heterocycles. The van der Waals surface area contributed by atoms with E-state index in [-0.39, 0.29) is 18.5 Å². The summed E-state index contributed by atoms with van der Waals surface area (Å²) in [6.07, 6.45) is -0.287. The van der Waals surface area contributed by atoms with E-state index < -0.39 is 58.7 Å². The van der Waals surface area contributed by atoms with Crippen LogP contribution in [0.1, 0.15) is 17.5 Å². The van der Waals surface area contributed by atoms with Crippen LogP contribution in [0.15, 0.2) is 42.5 Å². The zero-order chi connectivity index (χ0) is 22.8. The fourth-order valence-electron chi connectivity index (χ4n) is 5.15. The van der Waals surface area contributed by atoms with Crippen LogP contribution in [-0.4, -0.2) is 34.6 Å². The molecule has 32 heavy (non-hydrogen) atoms. The van der Waals surface area contributed by atoms with Crippen LogP contribution in [0.5, 0.6) is 0 Å². The number of carbonyl (C=O) groups is 4. The van der Waals surface area contributed by atoms with Crippen LogP contribution in [0.3, 0.4) is 0 Å². The lowest BCUT2D eigenvalue weighted by molar-refractivity contribution is -0.143. The summed E-state index contributed by atoms with van der Waals surface area (Å²) in [6, 6.07) is 8.13. The third kappa shape index (κ3) is 2.76. The van der Waals surface area contributed by atoms with Gasteiger partial charge in [0, 0.05) is 23.7 Å². The quantitative estimate of drug-likeness (QED) is 0.606. The Balaban J connectivity index is 1.60. The van der Waals surface area contributed by atoms with Crippen molar-refractivity contribution in [2.24, 2.45) is 17.6 Å². The average Bonchev–Trinajstić information content (AvgIpc) is 3.30. The van der Waals surface area contributed by atoms with E-state index >= 15 is 0 Å². The van der Waals surface area contributed by atoms with E-state index in [1.54, 1.807) is 0 Å². The van der Waals surface area contributed by atoms with Gasteiger partial charge in [-0.15, -0.1) is 0 Å². The highest BCUT2D eigenvalue weighted by Crippen LogP contribution is 2.53. The SMILES string of the molecule is NC(=O)C[C@@H]1N[C@]2(C(=O)Nc3ccc(F)cc32)[C@@H]2C(=O)N(Cc3ccc(F)cc3)C(=O)[C@H]12. The van der Waals surface area contributed by atoms with Crippen molar-refractivity contribution in [1.29, 1.82) is 0 Å². The summed E-state index contributed by atoms with van der Waals surface area (Å²) < 4.78 is 27.4. The number of imide groups is 1. The number of carbonyl (C=O) groups excluding carboxylic acids is 4. The van der Waals surface area contributed by atoms with Crippen molar-refractivity contribution in [2.45, 2.75) is 24.5 Å². The van der Waals surface area contributed by atoms with Crippen molar-refractivity contribution in [1.82, 2.24) is 10.2 Å². The number of primary amides is 1. The number of nitrogens with zero attached hydrogens (tertiary/aromatic N) is 1. The predicted molar refractivity (Wildman–Crippen MR) is 106 cm³/mol. The van der Waals surface area contributed by atoms with Gasteiger partial charge >= 0.3 is 0 Å². The molecule has 3 heterocycles. The van der Waals surface area contributed by atoms with Crippen molar-refractivity contribution >= 4 is 29.3 Å². The van der Waals surface area contributed by atoms with Gasteiger partial charge in [0.1, 0.15) is 17.2 Å². The minimum absolute atomic E-state index is 0.123. The maximum Gasteiger partial charge on any atom is 0.250 e. The third-order valence-corrected chi connectivity index (χ3v) is 6.44. The van der Waals surface area contributed by atoms with E-state index in [9.17, 15) is 28.0 Å². The normalized spacial score (nSPS) is 28.2. The van der Waals surface area contributed by atoms with Gasteiger partial charge in [-0.1, -0.05) is 12.1 Å². The molecule has 2 aromatic rings. The van der Waals surface area contributed by atoms with Crippen LogP contribution < -0.4 is 16.4 Å². The Morgan fingerprint density at radius 1 is 1.03 bits per heavy atom. The smallest absolute Gasteiger partial charge is 0.250 e. The molecule has 4 amide bonds. The Labute approximate surface area is 180 Å². The Morgan fingerprint density at radius 2 is 1.72 bits per heavy atom. The van der Waals surface area contributed by atoms with Crippen molar-refractivity contribution in [3.63, 3.8) is 0 Å². The molecule has 4 N–H and O–H groups in total. The molecule has 0 radical (unpaired) electrons. The molecule has 2 aromatic carbocycles. The number of nitrogens with one attached hydrogen (secondary N) is 2. The van der Waals surface area contributed by atoms with Crippen LogP contribution >= 0.6 is 0 Å². The highest BCUT2D eigenvalue weighted by molar-refractivity contribution is 6.15. The first-order valence-electron chi connectivity index (χ1n) is 9.99. The first-order chi connectivity index (χ1) is 15.2. The summed E-state index contributed by atoms with van der Waals surface area (Å²) in [5, 5.41) is 5.63. The number of likely N-dealkylation sites (tertiary alicyclic amines) is 1. The van der Waals surface area contributed by atoms with E-state index in [0.717, 1.165) is 11.0 Å². The maximum absolute atomic E-state index is 14.1. The molecule has 2 fully saturated rings. The van der Waals surface area contributed by atoms with Crippen LogP contribution in [-0.2, 0) is 31.3 Å². The molecule has 3 aliphatic rings. The number of nitrogens with two attached hydrogens (primary N) is 1. The second-order valence-electron chi connectivity index (χ2n) is 8.27. The van der Waals surface area contributed by atoms with E-state index in [1.807, 2.05) is 0 Å². The van der Waals surface area contributed by atoms with E-state index in [4.69, 9.17) is 5.73 Å². The first-order valence-corrected chi connectivity index (χ1v) is 9.99. The van der Waals surface area contributed by atoms with Crippen molar-refractivity contribution in [3.8, 4) is 0 Å². The summed E-state index contributed by atoms with van der Waals surface area (Å²) in [6.45, 7) is -0.123. The first kappa shape index (κ1) is 20.3. The second kappa shape index (κ2) is 6.92. The molecule has 8 nitrogen and oxygen atoms in total. The maximum atomic E-state index is 14.1. The summed E-state index contributed by atoms with van der Waals surface area (Å²) in [4.78, 5) is 52.7. The summed E-state index contributed by atoms with van der Waals surface area (Å²) >= 11 is 0. The third-order valence-electron chi connectivity index (χ3n) is 6.44. The zero-order valence-corrected chi connectivity index (χ0v) is 16.6. The molecule has 5 rings (SSSR count). The Kier molecular flexibility index (Phi) is 4.38. The van der Waals surface area contributed by atoms with E-state index in [1.165, 1.54) is 36.4 Å². The van der Waals surface area contributed by atoms with Crippen LogP contribution in [0.2, 0.25) is 0 Å². The van der Waals surface area contributed by atoms with Crippen molar-refractivity contribution in [2.75, 3.05) is 5.32 Å². The molecule has 10 heteroatoms. The van der Waals surface area contributed by atoms with Gasteiger partial charge in [0.15, 0.2) is 0 Å². The molecule has 0 saturated carbocycles. The van der Waals surface area contributed by atoms with Gasteiger partial charge in [-0.25, -0.2) is 8.78 Å². The molecular formula is C22H18F2N4O4. The van der Waals surface area contributed by atoms with Crippen LogP contribution in [0.4, 0.5) is 14.5 Å². The number of hydrogen-bond donors (Lipinski definition) is 3. The van der Waals surface area contributed by atoms with Crippen molar-refractivity contribution in [3.05, 3.63) is 65.2 Å². The molecule has 2 saturated heterocycles. The van der Waals surface area contributed by atoms with Crippen LogP contribution in [0.25, 0.3) is 0 Å². The fraction of sp³-hybridized carbons (Fsp3) is 0.273. The molecule has 4 atom stereocenters. The zero-order valence-electron chi connectivity index (χ0n) is 16.6. The Morgan fingerprint density at radius 3 is 2.41 bits per heavy atom. The number of hydrogen-bond acceptors (Lipinski definition) is 5. The lowest BCUT2D eigenvalue weighted by Crippen LogP contribution is -2.53. The average molecular weight is 440 g/mol. The minimum atomic E-state index is -1.72. The van der Waals surface area contributed by atoms with Crippen molar-refractivity contribution < 1.29 is 28.0 Å². The Bertz CT molecular complexity index is 1180. The van der Waals surface area contributed by atoms with Gasteiger partial charge in [0.05, 0.1) is 18.4 Å². The minimum Gasteiger partial charge on any atom is -0.370 e. The lowest BCUT2D eigenvalue weighted by Gasteiger charge is -2.29. The molecule has 0 bridgehead atoms. The molecule has 3 aliphatic heterocycles. The highest BCUT2D eigenvalue weighted by Gasteiger charge is 2.70.